The SMILES string of the molecule is CCOCc1nc2c(-c3ccc(N4CCN(C)CC4)nc3)nc3ccccc3c2n1CCN(C)C. The summed E-state index contributed by atoms with van der Waals surface area (Å²) in [6.07, 6.45) is 1.95. The molecule has 184 valence electrons. The van der Waals surface area contributed by atoms with Gasteiger partial charge < -0.3 is 24.0 Å². The number of anilines is 1. The molecule has 0 unspecified atom stereocenters. The van der Waals surface area contributed by atoms with E-state index in [2.05, 4.69) is 70.7 Å². The van der Waals surface area contributed by atoms with Gasteiger partial charge in [-0.25, -0.2) is 15.0 Å². The summed E-state index contributed by atoms with van der Waals surface area (Å²) in [6, 6.07) is 12.6. The third-order valence-electron chi connectivity index (χ3n) is 6.72. The number of pyridine rings is 2. The van der Waals surface area contributed by atoms with Crippen LogP contribution in [0.2, 0.25) is 0 Å². The Bertz CT molecular complexity index is 1290. The van der Waals surface area contributed by atoms with E-state index in [0.29, 0.717) is 13.2 Å². The molecule has 4 aromatic rings. The molecule has 1 saturated heterocycles. The summed E-state index contributed by atoms with van der Waals surface area (Å²) in [5.74, 6) is 1.96. The van der Waals surface area contributed by atoms with Crippen LogP contribution < -0.4 is 4.90 Å². The number of ether oxygens (including phenoxy) is 1. The van der Waals surface area contributed by atoms with Gasteiger partial charge in [0.15, 0.2) is 0 Å². The van der Waals surface area contributed by atoms with E-state index in [1.807, 2.05) is 19.2 Å². The molecule has 0 atom stereocenters. The Morgan fingerprint density at radius 1 is 1.00 bits per heavy atom. The smallest absolute Gasteiger partial charge is 0.136 e. The Morgan fingerprint density at radius 3 is 2.51 bits per heavy atom. The van der Waals surface area contributed by atoms with Gasteiger partial charge in [-0.2, -0.15) is 0 Å². The van der Waals surface area contributed by atoms with E-state index in [1.165, 1.54) is 0 Å². The average Bonchev–Trinajstić information content (AvgIpc) is 3.25. The van der Waals surface area contributed by atoms with E-state index in [4.69, 9.17) is 19.7 Å². The van der Waals surface area contributed by atoms with Gasteiger partial charge in [0.1, 0.15) is 29.5 Å². The van der Waals surface area contributed by atoms with Crippen molar-refractivity contribution < 1.29 is 4.74 Å². The number of aromatic nitrogens is 4. The number of nitrogens with zero attached hydrogens (tertiary/aromatic N) is 7. The summed E-state index contributed by atoms with van der Waals surface area (Å²) < 4.78 is 8.12. The lowest BCUT2D eigenvalue weighted by atomic mass is 10.1. The first kappa shape index (κ1) is 23.7. The summed E-state index contributed by atoms with van der Waals surface area (Å²) in [5, 5.41) is 1.11. The molecule has 0 aliphatic carbocycles. The first-order valence-corrected chi connectivity index (χ1v) is 12.5. The molecule has 0 radical (unpaired) electrons. The van der Waals surface area contributed by atoms with Crippen LogP contribution in [0.25, 0.3) is 33.2 Å². The number of para-hydroxylation sites is 1. The molecular formula is C27H35N7O. The summed E-state index contributed by atoms with van der Waals surface area (Å²) in [5.41, 5.74) is 4.85. The Balaban J connectivity index is 1.62. The molecule has 0 N–H and O–H groups in total. The molecule has 0 amide bonds. The van der Waals surface area contributed by atoms with Crippen LogP contribution in [0.3, 0.4) is 0 Å². The van der Waals surface area contributed by atoms with E-state index in [0.717, 1.165) is 84.1 Å². The van der Waals surface area contributed by atoms with Gasteiger partial charge >= 0.3 is 0 Å². The maximum absolute atomic E-state index is 5.81. The summed E-state index contributed by atoms with van der Waals surface area (Å²) in [6.45, 7) is 9.01. The molecule has 8 nitrogen and oxygen atoms in total. The molecule has 8 heteroatoms. The second kappa shape index (κ2) is 10.3. The normalized spacial score (nSPS) is 15.1. The zero-order valence-electron chi connectivity index (χ0n) is 21.2. The van der Waals surface area contributed by atoms with Crippen LogP contribution >= 0.6 is 0 Å². The molecule has 1 aromatic carbocycles. The van der Waals surface area contributed by atoms with Gasteiger partial charge in [-0.1, -0.05) is 18.2 Å². The van der Waals surface area contributed by atoms with Crippen LogP contribution in [0.1, 0.15) is 12.7 Å². The Morgan fingerprint density at radius 2 is 1.80 bits per heavy atom. The van der Waals surface area contributed by atoms with Crippen molar-refractivity contribution in [3.8, 4) is 11.3 Å². The summed E-state index contributed by atoms with van der Waals surface area (Å²) in [4.78, 5) is 21.9. The number of piperazine rings is 1. The minimum atomic E-state index is 0.479. The van der Waals surface area contributed by atoms with Gasteiger partial charge in [-0.3, -0.25) is 0 Å². The second-order valence-corrected chi connectivity index (χ2v) is 9.49. The maximum Gasteiger partial charge on any atom is 0.136 e. The largest absolute Gasteiger partial charge is 0.374 e. The molecule has 3 aromatic heterocycles. The van der Waals surface area contributed by atoms with Gasteiger partial charge in [0, 0.05) is 63.0 Å². The van der Waals surface area contributed by atoms with Crippen molar-refractivity contribution in [2.24, 2.45) is 0 Å². The average molecular weight is 474 g/mol. The quantitative estimate of drug-likeness (QED) is 0.388. The van der Waals surface area contributed by atoms with E-state index >= 15 is 0 Å². The predicted octanol–water partition coefficient (Wildman–Crippen LogP) is 3.50. The number of imidazole rings is 1. The van der Waals surface area contributed by atoms with Crippen LogP contribution in [0.15, 0.2) is 42.6 Å². The molecule has 0 saturated carbocycles. The molecule has 0 spiro atoms. The predicted molar refractivity (Wildman–Crippen MR) is 142 cm³/mol. The lowest BCUT2D eigenvalue weighted by molar-refractivity contribution is 0.125. The van der Waals surface area contributed by atoms with Crippen LogP contribution in [-0.2, 0) is 17.9 Å². The van der Waals surface area contributed by atoms with Gasteiger partial charge in [0.2, 0.25) is 0 Å². The van der Waals surface area contributed by atoms with Crippen molar-refractivity contribution in [1.82, 2.24) is 29.3 Å². The maximum atomic E-state index is 5.81. The van der Waals surface area contributed by atoms with Gasteiger partial charge in [0.25, 0.3) is 0 Å². The van der Waals surface area contributed by atoms with E-state index < -0.39 is 0 Å². The fourth-order valence-corrected chi connectivity index (χ4v) is 4.68. The Kier molecular flexibility index (Phi) is 6.95. The highest BCUT2D eigenvalue weighted by molar-refractivity contribution is 6.07. The molecular weight excluding hydrogens is 438 g/mol. The number of hydrogen-bond donors (Lipinski definition) is 0. The number of benzene rings is 1. The Hall–Kier alpha value is -3.07. The lowest BCUT2D eigenvalue weighted by Crippen LogP contribution is -2.44. The van der Waals surface area contributed by atoms with Crippen molar-refractivity contribution in [2.45, 2.75) is 20.1 Å². The number of rotatable bonds is 8. The molecule has 1 aliphatic heterocycles. The van der Waals surface area contributed by atoms with Crippen LogP contribution in [0.5, 0.6) is 0 Å². The van der Waals surface area contributed by atoms with Crippen molar-refractivity contribution in [3.63, 3.8) is 0 Å². The number of fused-ring (bicyclic) bond motifs is 3. The summed E-state index contributed by atoms with van der Waals surface area (Å²) in [7, 11) is 6.36. The number of likely N-dealkylation sites (N-methyl/N-ethyl adjacent to an activating group) is 2. The first-order valence-electron chi connectivity index (χ1n) is 12.5. The van der Waals surface area contributed by atoms with E-state index in [1.54, 1.807) is 0 Å². The molecule has 0 bridgehead atoms. The zero-order valence-corrected chi connectivity index (χ0v) is 21.2. The van der Waals surface area contributed by atoms with Gasteiger partial charge in [-0.15, -0.1) is 0 Å². The van der Waals surface area contributed by atoms with Crippen molar-refractivity contribution >= 4 is 27.8 Å². The molecule has 35 heavy (non-hydrogen) atoms. The molecule has 1 fully saturated rings. The van der Waals surface area contributed by atoms with Crippen LogP contribution in [-0.4, -0.2) is 89.8 Å². The fraction of sp³-hybridized carbons (Fsp3) is 0.444. The second-order valence-electron chi connectivity index (χ2n) is 9.49. The van der Waals surface area contributed by atoms with Crippen LogP contribution in [0, 0.1) is 0 Å². The van der Waals surface area contributed by atoms with Crippen molar-refractivity contribution in [1.29, 1.82) is 0 Å². The van der Waals surface area contributed by atoms with E-state index in [-0.39, 0.29) is 0 Å². The minimum Gasteiger partial charge on any atom is -0.374 e. The third kappa shape index (κ3) is 4.87. The number of hydrogen-bond acceptors (Lipinski definition) is 7. The fourth-order valence-electron chi connectivity index (χ4n) is 4.68. The summed E-state index contributed by atoms with van der Waals surface area (Å²) >= 11 is 0. The lowest BCUT2D eigenvalue weighted by Gasteiger charge is -2.33. The van der Waals surface area contributed by atoms with Crippen molar-refractivity contribution in [3.05, 3.63) is 48.4 Å². The highest BCUT2D eigenvalue weighted by atomic mass is 16.5. The highest BCUT2D eigenvalue weighted by Crippen LogP contribution is 2.33. The van der Waals surface area contributed by atoms with Gasteiger partial charge in [0.05, 0.1) is 11.0 Å². The van der Waals surface area contributed by atoms with Crippen molar-refractivity contribution in [2.75, 3.05) is 65.4 Å². The zero-order chi connectivity index (χ0) is 24.4. The first-order chi connectivity index (χ1) is 17.0. The standard InChI is InChI=1S/C27H35N7O/c1-5-35-19-24-30-26-25(20-10-11-23(28-18-20)33-15-13-32(4)14-16-33)29-22-9-7-6-8-21(22)27(26)34(24)17-12-31(2)3/h6-11,18H,5,12-17,19H2,1-4H3. The minimum absolute atomic E-state index is 0.479. The highest BCUT2D eigenvalue weighted by Gasteiger charge is 2.21. The topological polar surface area (TPSA) is 62.6 Å². The molecule has 4 heterocycles. The van der Waals surface area contributed by atoms with Crippen LogP contribution in [0.4, 0.5) is 5.82 Å². The third-order valence-corrected chi connectivity index (χ3v) is 6.72. The monoisotopic (exact) mass is 473 g/mol. The Labute approximate surface area is 207 Å². The molecule has 1 aliphatic rings. The van der Waals surface area contributed by atoms with E-state index in [9.17, 15) is 0 Å². The van der Waals surface area contributed by atoms with Gasteiger partial charge in [-0.05, 0) is 46.3 Å². The molecule has 5 rings (SSSR count).